The average Bonchev–Trinajstić information content (AvgIpc) is 2.46. The van der Waals surface area contributed by atoms with Gasteiger partial charge in [-0.15, -0.1) is 0 Å². The highest BCUT2D eigenvalue weighted by Gasteiger charge is 2.18. The average molecular weight is 245 g/mol. The predicted octanol–water partition coefficient (Wildman–Crippen LogP) is 2.18. The summed E-state index contributed by atoms with van der Waals surface area (Å²) in [5, 5.41) is 10.4. The highest BCUT2D eigenvalue weighted by atomic mass is 16.5. The fourth-order valence-corrected chi connectivity index (χ4v) is 1.85. The number of hydrogen-bond donors (Lipinski definition) is 1. The molecule has 0 amide bonds. The number of aromatic nitrogens is 1. The van der Waals surface area contributed by atoms with Gasteiger partial charge in [0.15, 0.2) is 11.5 Å². The minimum Gasteiger partial charge on any atom is -0.493 e. The van der Waals surface area contributed by atoms with Crippen LogP contribution in [-0.2, 0) is 0 Å². The largest absolute Gasteiger partial charge is 0.493 e. The Labute approximate surface area is 106 Å². The summed E-state index contributed by atoms with van der Waals surface area (Å²) in [6.45, 7) is 0. The Balaban J connectivity index is 2.45. The molecule has 0 saturated heterocycles. The lowest BCUT2D eigenvalue weighted by Crippen LogP contribution is -2.03. The zero-order valence-corrected chi connectivity index (χ0v) is 10.3. The van der Waals surface area contributed by atoms with Gasteiger partial charge in [0.05, 0.1) is 14.2 Å². The molecule has 0 saturated carbocycles. The third-order valence-electron chi connectivity index (χ3n) is 2.75. The van der Waals surface area contributed by atoms with Crippen LogP contribution in [0.4, 0.5) is 0 Å². The maximum Gasteiger partial charge on any atom is 0.166 e. The summed E-state index contributed by atoms with van der Waals surface area (Å²) in [5.74, 6) is 1.15. The molecule has 1 heterocycles. The van der Waals surface area contributed by atoms with Crippen molar-refractivity contribution >= 4 is 0 Å². The lowest BCUT2D eigenvalue weighted by molar-refractivity contribution is 0.213. The van der Waals surface area contributed by atoms with Crippen LogP contribution < -0.4 is 9.47 Å². The molecule has 0 aliphatic heterocycles. The first-order chi connectivity index (χ1) is 8.77. The molecule has 4 nitrogen and oxygen atoms in total. The van der Waals surface area contributed by atoms with Crippen LogP contribution in [0, 0.1) is 0 Å². The molecule has 0 aliphatic rings. The Morgan fingerprint density at radius 1 is 1.06 bits per heavy atom. The molecular weight excluding hydrogens is 230 g/mol. The van der Waals surface area contributed by atoms with Crippen LogP contribution in [0.5, 0.6) is 11.5 Å². The monoisotopic (exact) mass is 245 g/mol. The van der Waals surface area contributed by atoms with E-state index in [1.807, 2.05) is 12.1 Å². The van der Waals surface area contributed by atoms with Crippen LogP contribution in [0.25, 0.3) is 0 Å². The molecule has 1 unspecified atom stereocenters. The molecule has 1 aromatic heterocycles. The van der Waals surface area contributed by atoms with Crippen LogP contribution in [0.2, 0.25) is 0 Å². The van der Waals surface area contributed by atoms with E-state index in [1.165, 1.54) is 0 Å². The van der Waals surface area contributed by atoms with Gasteiger partial charge in [-0.1, -0.05) is 12.1 Å². The lowest BCUT2D eigenvalue weighted by Gasteiger charge is -2.17. The highest BCUT2D eigenvalue weighted by Crippen LogP contribution is 2.36. The third-order valence-corrected chi connectivity index (χ3v) is 2.75. The summed E-state index contributed by atoms with van der Waals surface area (Å²) in [7, 11) is 3.13. The van der Waals surface area contributed by atoms with Gasteiger partial charge < -0.3 is 14.6 Å². The number of hydrogen-bond acceptors (Lipinski definition) is 4. The molecule has 2 rings (SSSR count). The quantitative estimate of drug-likeness (QED) is 0.897. The van der Waals surface area contributed by atoms with Gasteiger partial charge in [-0.3, -0.25) is 4.98 Å². The molecule has 94 valence electrons. The SMILES string of the molecule is COc1cccc(C(O)c2ccncc2)c1OC. The number of nitrogens with zero attached hydrogens (tertiary/aromatic N) is 1. The molecule has 0 bridgehead atoms. The first kappa shape index (κ1) is 12.4. The van der Waals surface area contributed by atoms with E-state index in [0.717, 1.165) is 5.56 Å². The van der Waals surface area contributed by atoms with Gasteiger partial charge in [-0.2, -0.15) is 0 Å². The van der Waals surface area contributed by atoms with Crippen molar-refractivity contribution in [2.24, 2.45) is 0 Å². The van der Waals surface area contributed by atoms with Gasteiger partial charge in [0.25, 0.3) is 0 Å². The van der Waals surface area contributed by atoms with Gasteiger partial charge in [0.2, 0.25) is 0 Å². The van der Waals surface area contributed by atoms with E-state index >= 15 is 0 Å². The Morgan fingerprint density at radius 2 is 1.78 bits per heavy atom. The highest BCUT2D eigenvalue weighted by molar-refractivity contribution is 5.49. The normalized spacial score (nSPS) is 11.9. The summed E-state index contributed by atoms with van der Waals surface area (Å²) >= 11 is 0. The fourth-order valence-electron chi connectivity index (χ4n) is 1.85. The number of ether oxygens (including phenoxy) is 2. The molecule has 0 spiro atoms. The van der Waals surface area contributed by atoms with Crippen molar-refractivity contribution in [3.63, 3.8) is 0 Å². The number of aliphatic hydroxyl groups excluding tert-OH is 1. The van der Waals surface area contributed by atoms with Gasteiger partial charge in [-0.05, 0) is 23.8 Å². The first-order valence-electron chi connectivity index (χ1n) is 5.56. The standard InChI is InChI=1S/C14H15NO3/c1-17-12-5-3-4-11(14(12)18-2)13(16)10-6-8-15-9-7-10/h3-9,13,16H,1-2H3. The van der Waals surface area contributed by atoms with E-state index < -0.39 is 6.10 Å². The van der Waals surface area contributed by atoms with Crippen molar-refractivity contribution in [3.05, 3.63) is 53.9 Å². The second-order valence-corrected chi connectivity index (χ2v) is 3.77. The first-order valence-corrected chi connectivity index (χ1v) is 5.56. The number of aliphatic hydroxyl groups is 1. The third kappa shape index (κ3) is 2.28. The zero-order valence-electron chi connectivity index (χ0n) is 10.3. The second kappa shape index (κ2) is 5.51. The summed E-state index contributed by atoms with van der Waals surface area (Å²) < 4.78 is 10.5. The summed E-state index contributed by atoms with van der Waals surface area (Å²) in [6.07, 6.45) is 2.52. The molecule has 0 fully saturated rings. The Morgan fingerprint density at radius 3 is 2.39 bits per heavy atom. The number of para-hydroxylation sites is 1. The van der Waals surface area contributed by atoms with Crippen LogP contribution in [-0.4, -0.2) is 24.3 Å². The topological polar surface area (TPSA) is 51.6 Å². The molecule has 1 atom stereocenters. The lowest BCUT2D eigenvalue weighted by atomic mass is 10.0. The number of benzene rings is 1. The fraction of sp³-hybridized carbons (Fsp3) is 0.214. The van der Waals surface area contributed by atoms with E-state index in [9.17, 15) is 5.11 Å². The van der Waals surface area contributed by atoms with Gasteiger partial charge >= 0.3 is 0 Å². The maximum absolute atomic E-state index is 10.4. The molecule has 2 aromatic rings. The van der Waals surface area contributed by atoms with E-state index in [4.69, 9.17) is 9.47 Å². The van der Waals surface area contributed by atoms with E-state index in [-0.39, 0.29) is 0 Å². The number of pyridine rings is 1. The smallest absolute Gasteiger partial charge is 0.166 e. The molecule has 1 aromatic carbocycles. The van der Waals surface area contributed by atoms with E-state index in [2.05, 4.69) is 4.98 Å². The van der Waals surface area contributed by atoms with Gasteiger partial charge in [-0.25, -0.2) is 0 Å². The molecule has 0 radical (unpaired) electrons. The number of methoxy groups -OCH3 is 2. The maximum atomic E-state index is 10.4. The second-order valence-electron chi connectivity index (χ2n) is 3.77. The van der Waals surface area contributed by atoms with Crippen molar-refractivity contribution in [3.8, 4) is 11.5 Å². The van der Waals surface area contributed by atoms with Crippen molar-refractivity contribution in [1.82, 2.24) is 4.98 Å². The van der Waals surface area contributed by atoms with E-state index in [1.54, 1.807) is 44.8 Å². The predicted molar refractivity (Wildman–Crippen MR) is 67.8 cm³/mol. The summed E-state index contributed by atoms with van der Waals surface area (Å²) in [5.41, 5.74) is 1.43. The van der Waals surface area contributed by atoms with Crippen molar-refractivity contribution in [2.45, 2.75) is 6.10 Å². The van der Waals surface area contributed by atoms with Crippen LogP contribution in [0.3, 0.4) is 0 Å². The molecule has 4 heteroatoms. The van der Waals surface area contributed by atoms with Gasteiger partial charge in [0.1, 0.15) is 6.10 Å². The van der Waals surface area contributed by atoms with Crippen LogP contribution in [0.1, 0.15) is 17.2 Å². The zero-order chi connectivity index (χ0) is 13.0. The Hall–Kier alpha value is -2.07. The van der Waals surface area contributed by atoms with Crippen molar-refractivity contribution < 1.29 is 14.6 Å². The summed E-state index contributed by atoms with van der Waals surface area (Å²) in [4.78, 5) is 3.93. The molecule has 1 N–H and O–H groups in total. The summed E-state index contributed by atoms with van der Waals surface area (Å²) in [6, 6.07) is 8.96. The minimum atomic E-state index is -0.766. The van der Waals surface area contributed by atoms with E-state index in [0.29, 0.717) is 17.1 Å². The van der Waals surface area contributed by atoms with Gasteiger partial charge in [0, 0.05) is 18.0 Å². The number of rotatable bonds is 4. The van der Waals surface area contributed by atoms with Crippen molar-refractivity contribution in [2.75, 3.05) is 14.2 Å². The molecule has 18 heavy (non-hydrogen) atoms. The van der Waals surface area contributed by atoms with Crippen LogP contribution >= 0.6 is 0 Å². The molecular formula is C14H15NO3. The minimum absolute atomic E-state index is 0.546. The Bertz CT molecular complexity index is 514. The van der Waals surface area contributed by atoms with Crippen LogP contribution in [0.15, 0.2) is 42.7 Å². The Kier molecular flexibility index (Phi) is 3.79. The van der Waals surface area contributed by atoms with Crippen molar-refractivity contribution in [1.29, 1.82) is 0 Å². The molecule has 0 aliphatic carbocycles.